The van der Waals surface area contributed by atoms with Crippen LogP contribution in [0.5, 0.6) is 0 Å². The standard InChI is InChI=1S/C15H13FO3/c1-15(19,14(17)18)12-6-2-10(3-7-12)11-4-8-13(16)9-5-11/h2-9,19H,1H3,(H,17,18). The maximum atomic E-state index is 12.8. The fourth-order valence-corrected chi connectivity index (χ4v) is 1.75. The summed E-state index contributed by atoms with van der Waals surface area (Å²) in [7, 11) is 0. The van der Waals surface area contributed by atoms with E-state index in [9.17, 15) is 14.3 Å². The minimum absolute atomic E-state index is 0.297. The topological polar surface area (TPSA) is 57.5 Å². The molecule has 0 saturated carbocycles. The highest BCUT2D eigenvalue weighted by Gasteiger charge is 2.31. The minimum Gasteiger partial charge on any atom is -0.479 e. The van der Waals surface area contributed by atoms with Crippen molar-refractivity contribution in [3.8, 4) is 11.1 Å². The molecule has 0 radical (unpaired) electrons. The minimum atomic E-state index is -1.92. The number of rotatable bonds is 3. The molecule has 0 spiro atoms. The summed E-state index contributed by atoms with van der Waals surface area (Å²) in [6, 6.07) is 12.5. The quantitative estimate of drug-likeness (QED) is 0.892. The Morgan fingerprint density at radius 1 is 1.00 bits per heavy atom. The largest absolute Gasteiger partial charge is 0.479 e. The van der Waals surface area contributed by atoms with Crippen molar-refractivity contribution < 1.29 is 19.4 Å². The number of carboxylic acid groups (broad SMARTS) is 1. The fourth-order valence-electron chi connectivity index (χ4n) is 1.75. The van der Waals surface area contributed by atoms with E-state index in [0.717, 1.165) is 11.1 Å². The van der Waals surface area contributed by atoms with Crippen molar-refractivity contribution in [3.05, 3.63) is 59.9 Å². The third-order valence-electron chi connectivity index (χ3n) is 3.04. The molecule has 3 nitrogen and oxygen atoms in total. The lowest BCUT2D eigenvalue weighted by molar-refractivity contribution is -0.157. The van der Waals surface area contributed by atoms with E-state index in [1.807, 2.05) is 0 Å². The molecule has 4 heteroatoms. The Balaban J connectivity index is 2.33. The van der Waals surface area contributed by atoms with Crippen LogP contribution in [0.1, 0.15) is 12.5 Å². The molecule has 0 aliphatic rings. The van der Waals surface area contributed by atoms with E-state index in [-0.39, 0.29) is 5.82 Å². The number of carboxylic acids is 1. The average molecular weight is 260 g/mol. The Morgan fingerprint density at radius 2 is 1.42 bits per heavy atom. The first-order chi connectivity index (χ1) is 8.91. The van der Waals surface area contributed by atoms with E-state index < -0.39 is 11.6 Å². The molecule has 1 unspecified atom stereocenters. The lowest BCUT2D eigenvalue weighted by atomic mass is 9.94. The van der Waals surface area contributed by atoms with Gasteiger partial charge in [-0.3, -0.25) is 0 Å². The van der Waals surface area contributed by atoms with E-state index in [0.29, 0.717) is 5.56 Å². The SMILES string of the molecule is CC(O)(C(=O)O)c1ccc(-c2ccc(F)cc2)cc1. The number of halogens is 1. The van der Waals surface area contributed by atoms with Crippen LogP contribution in [0.15, 0.2) is 48.5 Å². The van der Waals surface area contributed by atoms with Crippen LogP contribution in [-0.2, 0) is 10.4 Å². The maximum Gasteiger partial charge on any atom is 0.340 e. The van der Waals surface area contributed by atoms with Crippen LogP contribution < -0.4 is 0 Å². The van der Waals surface area contributed by atoms with Crippen LogP contribution in [0, 0.1) is 5.82 Å². The van der Waals surface area contributed by atoms with Crippen LogP contribution in [0.25, 0.3) is 11.1 Å². The molecular formula is C15H13FO3. The first-order valence-corrected chi connectivity index (χ1v) is 5.73. The Morgan fingerprint density at radius 3 is 1.84 bits per heavy atom. The van der Waals surface area contributed by atoms with Gasteiger partial charge in [0, 0.05) is 0 Å². The molecule has 2 aromatic rings. The highest BCUT2D eigenvalue weighted by molar-refractivity contribution is 5.79. The third-order valence-corrected chi connectivity index (χ3v) is 3.04. The van der Waals surface area contributed by atoms with E-state index in [4.69, 9.17) is 5.11 Å². The number of carbonyl (C=O) groups is 1. The summed E-state index contributed by atoms with van der Waals surface area (Å²) in [4.78, 5) is 10.9. The molecule has 0 aliphatic heterocycles. The van der Waals surface area contributed by atoms with Crippen LogP contribution in [0.4, 0.5) is 4.39 Å². The Hall–Kier alpha value is -2.20. The summed E-state index contributed by atoms with van der Waals surface area (Å²) < 4.78 is 12.8. The molecule has 0 bridgehead atoms. The zero-order valence-corrected chi connectivity index (χ0v) is 10.3. The highest BCUT2D eigenvalue weighted by Crippen LogP contribution is 2.25. The molecule has 0 saturated heterocycles. The zero-order valence-electron chi connectivity index (χ0n) is 10.3. The summed E-state index contributed by atoms with van der Waals surface area (Å²) in [6.07, 6.45) is 0. The van der Waals surface area contributed by atoms with Crippen LogP contribution in [0.3, 0.4) is 0 Å². The van der Waals surface area contributed by atoms with Crippen molar-refractivity contribution in [2.75, 3.05) is 0 Å². The molecule has 2 aromatic carbocycles. The second-order valence-corrected chi connectivity index (χ2v) is 4.46. The van der Waals surface area contributed by atoms with Gasteiger partial charge in [0.25, 0.3) is 0 Å². The van der Waals surface area contributed by atoms with Crippen molar-refractivity contribution in [3.63, 3.8) is 0 Å². The van der Waals surface area contributed by atoms with E-state index in [1.54, 1.807) is 36.4 Å². The fraction of sp³-hybridized carbons (Fsp3) is 0.133. The zero-order chi connectivity index (χ0) is 14.0. The summed E-state index contributed by atoms with van der Waals surface area (Å²) in [5.41, 5.74) is 0.0279. The van der Waals surface area contributed by atoms with Crippen LogP contribution in [0.2, 0.25) is 0 Å². The molecule has 0 heterocycles. The summed E-state index contributed by atoms with van der Waals surface area (Å²) in [5, 5.41) is 18.7. The number of aliphatic hydroxyl groups is 1. The number of hydrogen-bond acceptors (Lipinski definition) is 2. The molecule has 0 amide bonds. The lowest BCUT2D eigenvalue weighted by Gasteiger charge is -2.18. The summed E-state index contributed by atoms with van der Waals surface area (Å²) in [5.74, 6) is -1.61. The molecule has 19 heavy (non-hydrogen) atoms. The van der Waals surface area contributed by atoms with Gasteiger partial charge in [0.15, 0.2) is 5.60 Å². The predicted molar refractivity (Wildman–Crippen MR) is 69.0 cm³/mol. The van der Waals surface area contributed by atoms with Crippen molar-refractivity contribution >= 4 is 5.97 Å². The molecule has 0 fully saturated rings. The monoisotopic (exact) mass is 260 g/mol. The first-order valence-electron chi connectivity index (χ1n) is 5.73. The van der Waals surface area contributed by atoms with E-state index >= 15 is 0 Å². The molecule has 98 valence electrons. The van der Waals surface area contributed by atoms with Gasteiger partial charge in [-0.1, -0.05) is 36.4 Å². The lowest BCUT2D eigenvalue weighted by Crippen LogP contribution is -2.31. The average Bonchev–Trinajstić information content (AvgIpc) is 2.39. The maximum absolute atomic E-state index is 12.8. The molecule has 0 aliphatic carbocycles. The van der Waals surface area contributed by atoms with Crippen LogP contribution >= 0.6 is 0 Å². The normalized spacial score (nSPS) is 13.8. The van der Waals surface area contributed by atoms with Crippen molar-refractivity contribution in [2.45, 2.75) is 12.5 Å². The third kappa shape index (κ3) is 2.63. The van der Waals surface area contributed by atoms with Gasteiger partial charge in [0.2, 0.25) is 0 Å². The van der Waals surface area contributed by atoms with Crippen molar-refractivity contribution in [1.29, 1.82) is 0 Å². The number of benzene rings is 2. The van der Waals surface area contributed by atoms with E-state index in [1.165, 1.54) is 19.1 Å². The molecular weight excluding hydrogens is 247 g/mol. The Kier molecular flexibility index (Phi) is 3.36. The van der Waals surface area contributed by atoms with Gasteiger partial charge in [-0.15, -0.1) is 0 Å². The highest BCUT2D eigenvalue weighted by atomic mass is 19.1. The van der Waals surface area contributed by atoms with Crippen molar-refractivity contribution in [2.24, 2.45) is 0 Å². The van der Waals surface area contributed by atoms with Gasteiger partial charge in [0.05, 0.1) is 0 Å². The first kappa shape index (κ1) is 13.2. The summed E-state index contributed by atoms with van der Waals surface area (Å²) >= 11 is 0. The van der Waals surface area contributed by atoms with Gasteiger partial charge in [-0.25, -0.2) is 9.18 Å². The molecule has 2 rings (SSSR count). The number of hydrogen-bond donors (Lipinski definition) is 2. The predicted octanol–water partition coefficient (Wildman–Crippen LogP) is 2.78. The second-order valence-electron chi connectivity index (χ2n) is 4.46. The van der Waals surface area contributed by atoms with Crippen LogP contribution in [-0.4, -0.2) is 16.2 Å². The Bertz CT molecular complexity index is 586. The van der Waals surface area contributed by atoms with E-state index in [2.05, 4.69) is 0 Å². The molecule has 0 aromatic heterocycles. The number of aliphatic carboxylic acids is 1. The van der Waals surface area contributed by atoms with Gasteiger partial charge < -0.3 is 10.2 Å². The van der Waals surface area contributed by atoms with Gasteiger partial charge in [-0.05, 0) is 35.7 Å². The second kappa shape index (κ2) is 4.82. The van der Waals surface area contributed by atoms with Gasteiger partial charge in [0.1, 0.15) is 5.82 Å². The summed E-state index contributed by atoms with van der Waals surface area (Å²) in [6.45, 7) is 1.22. The van der Waals surface area contributed by atoms with Gasteiger partial charge >= 0.3 is 5.97 Å². The molecule has 2 N–H and O–H groups in total. The van der Waals surface area contributed by atoms with Crippen molar-refractivity contribution in [1.82, 2.24) is 0 Å². The smallest absolute Gasteiger partial charge is 0.340 e. The molecule has 1 atom stereocenters. The Labute approximate surface area is 109 Å². The van der Waals surface area contributed by atoms with Gasteiger partial charge in [-0.2, -0.15) is 0 Å².